The Morgan fingerprint density at radius 2 is 2.11 bits per heavy atom. The SMILES string of the molecule is Cc1cc(C(=O)O)n(C/C=C/C(=O)OC(C)(C)C)n1. The van der Waals surface area contributed by atoms with Gasteiger partial charge in [-0.3, -0.25) is 4.68 Å². The lowest BCUT2D eigenvalue weighted by Gasteiger charge is -2.17. The van der Waals surface area contributed by atoms with Gasteiger partial charge in [0, 0.05) is 6.08 Å². The smallest absolute Gasteiger partial charge is 0.354 e. The van der Waals surface area contributed by atoms with Crippen LogP contribution in [-0.2, 0) is 16.1 Å². The van der Waals surface area contributed by atoms with Crippen LogP contribution in [0.15, 0.2) is 18.2 Å². The topological polar surface area (TPSA) is 81.4 Å². The zero-order valence-electron chi connectivity index (χ0n) is 11.5. The molecule has 1 N–H and O–H groups in total. The lowest BCUT2D eigenvalue weighted by molar-refractivity contribution is -0.148. The minimum absolute atomic E-state index is 0.0892. The van der Waals surface area contributed by atoms with E-state index in [4.69, 9.17) is 9.84 Å². The van der Waals surface area contributed by atoms with Gasteiger partial charge in [0.25, 0.3) is 0 Å². The summed E-state index contributed by atoms with van der Waals surface area (Å²) in [4.78, 5) is 22.4. The fraction of sp³-hybridized carbons (Fsp3) is 0.462. The Bertz CT molecular complexity index is 509. The number of hydrogen-bond acceptors (Lipinski definition) is 4. The molecule has 1 aromatic heterocycles. The Hall–Kier alpha value is -2.11. The number of aromatic nitrogens is 2. The Morgan fingerprint density at radius 3 is 2.63 bits per heavy atom. The van der Waals surface area contributed by atoms with E-state index in [-0.39, 0.29) is 12.2 Å². The van der Waals surface area contributed by atoms with Gasteiger partial charge in [0.2, 0.25) is 0 Å². The summed E-state index contributed by atoms with van der Waals surface area (Å²) in [5, 5.41) is 13.0. The zero-order chi connectivity index (χ0) is 14.6. The second kappa shape index (κ2) is 5.69. The summed E-state index contributed by atoms with van der Waals surface area (Å²) in [5.41, 5.74) is 0.157. The van der Waals surface area contributed by atoms with E-state index in [1.54, 1.807) is 27.7 Å². The maximum Gasteiger partial charge on any atom is 0.354 e. The fourth-order valence-electron chi connectivity index (χ4n) is 1.44. The molecule has 0 aliphatic rings. The molecule has 0 unspecified atom stereocenters. The van der Waals surface area contributed by atoms with Gasteiger partial charge >= 0.3 is 11.9 Å². The summed E-state index contributed by atoms with van der Waals surface area (Å²) in [6, 6.07) is 1.48. The molecule has 1 aromatic rings. The van der Waals surface area contributed by atoms with Crippen LogP contribution in [0.1, 0.15) is 37.0 Å². The van der Waals surface area contributed by atoms with Crippen LogP contribution in [-0.4, -0.2) is 32.4 Å². The van der Waals surface area contributed by atoms with Crippen molar-refractivity contribution in [3.05, 3.63) is 29.6 Å². The van der Waals surface area contributed by atoms with E-state index in [1.165, 1.54) is 22.9 Å². The molecule has 0 aliphatic heterocycles. The van der Waals surface area contributed by atoms with Crippen LogP contribution in [0.2, 0.25) is 0 Å². The van der Waals surface area contributed by atoms with Gasteiger partial charge in [0.15, 0.2) is 0 Å². The standard InChI is InChI=1S/C13H18N2O4/c1-9-8-10(12(17)18)15(14-9)7-5-6-11(16)19-13(2,3)4/h5-6,8H,7H2,1-4H3,(H,17,18)/b6-5+. The number of aryl methyl sites for hydroxylation is 1. The number of esters is 1. The number of carboxylic acids is 1. The van der Waals surface area contributed by atoms with Crippen molar-refractivity contribution in [3.8, 4) is 0 Å². The predicted octanol–water partition coefficient (Wildman–Crippen LogP) is 1.79. The Balaban J connectivity index is 2.67. The molecular weight excluding hydrogens is 248 g/mol. The van der Waals surface area contributed by atoms with Crippen molar-refractivity contribution in [2.75, 3.05) is 0 Å². The van der Waals surface area contributed by atoms with Gasteiger partial charge in [-0.2, -0.15) is 5.10 Å². The highest BCUT2D eigenvalue weighted by Crippen LogP contribution is 2.07. The van der Waals surface area contributed by atoms with Crippen molar-refractivity contribution in [1.82, 2.24) is 9.78 Å². The second-order valence-electron chi connectivity index (χ2n) is 5.09. The molecule has 104 valence electrons. The van der Waals surface area contributed by atoms with Crippen LogP contribution in [0.3, 0.4) is 0 Å². The molecular formula is C13H18N2O4. The van der Waals surface area contributed by atoms with Crippen molar-refractivity contribution >= 4 is 11.9 Å². The molecule has 0 aromatic carbocycles. The van der Waals surface area contributed by atoms with Gasteiger partial charge in [-0.1, -0.05) is 6.08 Å². The van der Waals surface area contributed by atoms with Gasteiger partial charge in [-0.25, -0.2) is 9.59 Å². The van der Waals surface area contributed by atoms with E-state index >= 15 is 0 Å². The fourth-order valence-corrected chi connectivity index (χ4v) is 1.44. The zero-order valence-corrected chi connectivity index (χ0v) is 11.5. The number of carboxylic acid groups (broad SMARTS) is 1. The van der Waals surface area contributed by atoms with Crippen molar-refractivity contribution in [3.63, 3.8) is 0 Å². The highest BCUT2D eigenvalue weighted by molar-refractivity contribution is 5.85. The number of ether oxygens (including phenoxy) is 1. The maximum absolute atomic E-state index is 11.4. The number of nitrogens with zero attached hydrogens (tertiary/aromatic N) is 2. The summed E-state index contributed by atoms with van der Waals surface area (Å²) in [7, 11) is 0. The summed E-state index contributed by atoms with van der Waals surface area (Å²) in [6.45, 7) is 7.24. The van der Waals surface area contributed by atoms with E-state index < -0.39 is 17.5 Å². The molecule has 0 spiro atoms. The van der Waals surface area contributed by atoms with Crippen LogP contribution < -0.4 is 0 Å². The molecule has 0 radical (unpaired) electrons. The van der Waals surface area contributed by atoms with Crippen LogP contribution in [0.5, 0.6) is 0 Å². The molecule has 19 heavy (non-hydrogen) atoms. The number of aromatic carboxylic acids is 1. The monoisotopic (exact) mass is 266 g/mol. The quantitative estimate of drug-likeness (QED) is 0.663. The van der Waals surface area contributed by atoms with E-state index in [0.29, 0.717) is 5.69 Å². The molecule has 0 aliphatic carbocycles. The number of carbonyl (C=O) groups excluding carboxylic acids is 1. The molecule has 0 bridgehead atoms. The summed E-state index contributed by atoms with van der Waals surface area (Å²) < 4.78 is 6.40. The Morgan fingerprint density at radius 1 is 1.47 bits per heavy atom. The van der Waals surface area contributed by atoms with Gasteiger partial charge in [-0.15, -0.1) is 0 Å². The van der Waals surface area contributed by atoms with Crippen molar-refractivity contribution in [1.29, 1.82) is 0 Å². The third-order valence-corrected chi connectivity index (χ3v) is 2.06. The molecule has 6 heteroatoms. The van der Waals surface area contributed by atoms with Gasteiger partial charge in [-0.05, 0) is 33.8 Å². The van der Waals surface area contributed by atoms with Crippen LogP contribution >= 0.6 is 0 Å². The average molecular weight is 266 g/mol. The molecule has 0 fully saturated rings. The molecule has 0 amide bonds. The first kappa shape index (κ1) is 14.9. The highest BCUT2D eigenvalue weighted by Gasteiger charge is 2.14. The lowest BCUT2D eigenvalue weighted by atomic mass is 10.2. The van der Waals surface area contributed by atoms with Crippen LogP contribution in [0, 0.1) is 6.92 Å². The molecule has 0 saturated heterocycles. The van der Waals surface area contributed by atoms with Crippen molar-refractivity contribution in [2.24, 2.45) is 0 Å². The average Bonchev–Trinajstić information content (AvgIpc) is 2.57. The Labute approximate surface area is 111 Å². The first-order valence-corrected chi connectivity index (χ1v) is 5.86. The predicted molar refractivity (Wildman–Crippen MR) is 68.9 cm³/mol. The summed E-state index contributed by atoms with van der Waals surface area (Å²) >= 11 is 0. The third kappa shape index (κ3) is 4.95. The minimum Gasteiger partial charge on any atom is -0.477 e. The van der Waals surface area contributed by atoms with E-state index in [0.717, 1.165) is 0 Å². The minimum atomic E-state index is -1.05. The lowest BCUT2D eigenvalue weighted by Crippen LogP contribution is -2.22. The van der Waals surface area contributed by atoms with Gasteiger partial charge in [0.05, 0.1) is 12.2 Å². The number of allylic oxidation sites excluding steroid dienone is 1. The number of rotatable bonds is 4. The van der Waals surface area contributed by atoms with Crippen molar-refractivity contribution in [2.45, 2.75) is 39.8 Å². The summed E-state index contributed by atoms with van der Waals surface area (Å²) in [6.07, 6.45) is 2.79. The largest absolute Gasteiger partial charge is 0.477 e. The van der Waals surface area contributed by atoms with E-state index in [9.17, 15) is 9.59 Å². The van der Waals surface area contributed by atoms with Crippen molar-refractivity contribution < 1.29 is 19.4 Å². The van der Waals surface area contributed by atoms with Gasteiger partial charge < -0.3 is 9.84 Å². The molecule has 6 nitrogen and oxygen atoms in total. The second-order valence-corrected chi connectivity index (χ2v) is 5.09. The molecule has 1 heterocycles. The summed E-state index contributed by atoms with van der Waals surface area (Å²) in [5.74, 6) is -1.51. The van der Waals surface area contributed by atoms with Crippen LogP contribution in [0.25, 0.3) is 0 Å². The van der Waals surface area contributed by atoms with Gasteiger partial charge in [0.1, 0.15) is 11.3 Å². The maximum atomic E-state index is 11.4. The molecule has 0 saturated carbocycles. The number of hydrogen-bond donors (Lipinski definition) is 1. The normalized spacial score (nSPS) is 11.8. The molecule has 0 atom stereocenters. The van der Waals surface area contributed by atoms with Crippen LogP contribution in [0.4, 0.5) is 0 Å². The Kier molecular flexibility index (Phi) is 4.47. The first-order chi connectivity index (χ1) is 8.69. The number of carbonyl (C=O) groups is 2. The highest BCUT2D eigenvalue weighted by atomic mass is 16.6. The van der Waals surface area contributed by atoms with E-state index in [2.05, 4.69) is 5.10 Å². The first-order valence-electron chi connectivity index (χ1n) is 5.86. The molecule has 1 rings (SSSR count). The third-order valence-electron chi connectivity index (χ3n) is 2.06. The van der Waals surface area contributed by atoms with E-state index in [1.807, 2.05) is 0 Å².